The number of furan rings is 1. The first-order valence-corrected chi connectivity index (χ1v) is 17.1. The van der Waals surface area contributed by atoms with E-state index in [1.807, 2.05) is 12.1 Å². The van der Waals surface area contributed by atoms with Crippen molar-refractivity contribution in [3.63, 3.8) is 0 Å². The molecule has 0 saturated carbocycles. The van der Waals surface area contributed by atoms with Crippen LogP contribution in [-0.2, 0) is 0 Å². The van der Waals surface area contributed by atoms with Gasteiger partial charge in [0.1, 0.15) is 11.3 Å². The molecule has 10 aromatic rings. The molecule has 0 unspecified atom stereocenters. The van der Waals surface area contributed by atoms with Gasteiger partial charge < -0.3 is 9.32 Å². The van der Waals surface area contributed by atoms with Crippen LogP contribution < -0.4 is 4.90 Å². The molecule has 0 amide bonds. The molecule has 0 fully saturated rings. The lowest BCUT2D eigenvalue weighted by molar-refractivity contribution is 0.631. The average molecular weight is 638 g/mol. The van der Waals surface area contributed by atoms with Crippen molar-refractivity contribution in [2.24, 2.45) is 0 Å². The number of fused-ring (bicyclic) bond motifs is 7. The lowest BCUT2D eigenvalue weighted by atomic mass is 9.93. The summed E-state index contributed by atoms with van der Waals surface area (Å²) in [4.78, 5) is 2.40. The van der Waals surface area contributed by atoms with Crippen LogP contribution in [0.15, 0.2) is 192 Å². The molecule has 0 atom stereocenters. The Morgan fingerprint density at radius 2 is 0.880 bits per heavy atom. The first kappa shape index (κ1) is 28.4. The molecule has 10 rings (SSSR count). The van der Waals surface area contributed by atoms with E-state index in [9.17, 15) is 0 Å². The monoisotopic (exact) mass is 637 g/mol. The molecule has 50 heavy (non-hydrogen) atoms. The Balaban J connectivity index is 1.21. The molecule has 0 spiro atoms. The highest BCUT2D eigenvalue weighted by Crippen LogP contribution is 2.46. The molecule has 0 radical (unpaired) electrons. The van der Waals surface area contributed by atoms with Crippen molar-refractivity contribution < 1.29 is 4.42 Å². The van der Waals surface area contributed by atoms with Crippen LogP contribution in [0.4, 0.5) is 17.1 Å². The van der Waals surface area contributed by atoms with Gasteiger partial charge in [-0.2, -0.15) is 0 Å². The molecule has 0 aliphatic heterocycles. The highest BCUT2D eigenvalue weighted by molar-refractivity contribution is 6.16. The number of rotatable bonds is 5. The second-order valence-electron chi connectivity index (χ2n) is 12.9. The highest BCUT2D eigenvalue weighted by Gasteiger charge is 2.22. The van der Waals surface area contributed by atoms with E-state index in [2.05, 4.69) is 181 Å². The molecule has 0 aliphatic carbocycles. The molecule has 0 saturated heterocycles. The van der Waals surface area contributed by atoms with E-state index in [0.717, 1.165) is 39.4 Å². The third kappa shape index (κ3) is 4.57. The number of anilines is 3. The maximum atomic E-state index is 6.50. The summed E-state index contributed by atoms with van der Waals surface area (Å²) in [7, 11) is 0. The number of para-hydroxylation sites is 2. The predicted molar refractivity (Wildman–Crippen MR) is 212 cm³/mol. The van der Waals surface area contributed by atoms with Crippen LogP contribution in [0.5, 0.6) is 0 Å². The molecule has 2 nitrogen and oxygen atoms in total. The maximum Gasteiger partial charge on any atom is 0.137 e. The molecule has 0 N–H and O–H groups in total. The molecule has 0 aliphatic rings. The summed E-state index contributed by atoms with van der Waals surface area (Å²) in [5, 5.41) is 11.0. The SMILES string of the molecule is c1ccc(N(c2ccc(-c3cc4ccccc4c4ccccc34)cc2)c2cc3ccccc3c3ccccc23)c(-c2cc3ccccc3o2)c1. The van der Waals surface area contributed by atoms with Crippen molar-refractivity contribution >= 4 is 71.1 Å². The van der Waals surface area contributed by atoms with Crippen LogP contribution >= 0.6 is 0 Å². The van der Waals surface area contributed by atoms with Gasteiger partial charge in [0.2, 0.25) is 0 Å². The Morgan fingerprint density at radius 1 is 0.340 bits per heavy atom. The zero-order chi connectivity index (χ0) is 33.0. The van der Waals surface area contributed by atoms with Crippen molar-refractivity contribution in [3.05, 3.63) is 188 Å². The van der Waals surface area contributed by atoms with E-state index < -0.39 is 0 Å². The van der Waals surface area contributed by atoms with Gasteiger partial charge in [0.15, 0.2) is 0 Å². The molecule has 0 bridgehead atoms. The summed E-state index contributed by atoms with van der Waals surface area (Å²) in [5.41, 5.74) is 7.57. The van der Waals surface area contributed by atoms with Crippen molar-refractivity contribution in [3.8, 4) is 22.5 Å². The van der Waals surface area contributed by atoms with Gasteiger partial charge in [0, 0.05) is 22.0 Å². The first-order chi connectivity index (χ1) is 24.8. The van der Waals surface area contributed by atoms with Gasteiger partial charge in [-0.3, -0.25) is 0 Å². The molecule has 2 heteroatoms. The van der Waals surface area contributed by atoms with Crippen LogP contribution in [0.25, 0.3) is 76.5 Å². The minimum Gasteiger partial charge on any atom is -0.456 e. The van der Waals surface area contributed by atoms with Crippen molar-refractivity contribution in [2.45, 2.75) is 0 Å². The molecule has 1 heterocycles. The fourth-order valence-corrected chi connectivity index (χ4v) is 7.70. The van der Waals surface area contributed by atoms with Gasteiger partial charge in [-0.15, -0.1) is 0 Å². The number of nitrogens with zero attached hydrogens (tertiary/aromatic N) is 1. The van der Waals surface area contributed by atoms with Gasteiger partial charge in [-0.25, -0.2) is 0 Å². The summed E-state index contributed by atoms with van der Waals surface area (Å²) in [6, 6.07) is 67.5. The third-order valence-electron chi connectivity index (χ3n) is 10.0. The van der Waals surface area contributed by atoms with Crippen LogP contribution in [0.3, 0.4) is 0 Å². The summed E-state index contributed by atoms with van der Waals surface area (Å²) in [6.45, 7) is 0. The van der Waals surface area contributed by atoms with Gasteiger partial charge in [-0.05, 0) is 97.4 Å². The van der Waals surface area contributed by atoms with Crippen LogP contribution in [0.2, 0.25) is 0 Å². The van der Waals surface area contributed by atoms with E-state index in [1.165, 1.54) is 54.2 Å². The summed E-state index contributed by atoms with van der Waals surface area (Å²) < 4.78 is 6.50. The van der Waals surface area contributed by atoms with Crippen LogP contribution in [0.1, 0.15) is 0 Å². The molecular weight excluding hydrogens is 607 g/mol. The maximum absolute atomic E-state index is 6.50. The average Bonchev–Trinajstić information content (AvgIpc) is 3.63. The first-order valence-electron chi connectivity index (χ1n) is 17.1. The van der Waals surface area contributed by atoms with Gasteiger partial charge in [0.05, 0.1) is 11.4 Å². The number of hydrogen-bond acceptors (Lipinski definition) is 2. The van der Waals surface area contributed by atoms with Crippen molar-refractivity contribution in [1.82, 2.24) is 0 Å². The predicted octanol–water partition coefficient (Wildman–Crippen LogP) is 13.8. The molecular formula is C48H31NO. The Bertz CT molecular complexity index is 2850. The fraction of sp³-hybridized carbons (Fsp3) is 0. The highest BCUT2D eigenvalue weighted by atomic mass is 16.3. The smallest absolute Gasteiger partial charge is 0.137 e. The Labute approximate surface area is 290 Å². The Kier molecular flexibility index (Phi) is 6.53. The second-order valence-corrected chi connectivity index (χ2v) is 12.9. The van der Waals surface area contributed by atoms with E-state index in [-0.39, 0.29) is 0 Å². The number of hydrogen-bond donors (Lipinski definition) is 0. The fourth-order valence-electron chi connectivity index (χ4n) is 7.70. The van der Waals surface area contributed by atoms with Crippen molar-refractivity contribution in [2.75, 3.05) is 4.90 Å². The lowest BCUT2D eigenvalue weighted by Gasteiger charge is -2.29. The Hall–Kier alpha value is -6.64. The zero-order valence-electron chi connectivity index (χ0n) is 27.3. The summed E-state index contributed by atoms with van der Waals surface area (Å²) in [6.07, 6.45) is 0. The molecule has 234 valence electrons. The molecule has 9 aromatic carbocycles. The Morgan fingerprint density at radius 3 is 1.60 bits per heavy atom. The normalized spacial score (nSPS) is 11.6. The van der Waals surface area contributed by atoms with Crippen molar-refractivity contribution in [1.29, 1.82) is 0 Å². The van der Waals surface area contributed by atoms with E-state index in [1.54, 1.807) is 0 Å². The van der Waals surface area contributed by atoms with E-state index in [4.69, 9.17) is 4.42 Å². The summed E-state index contributed by atoms with van der Waals surface area (Å²) >= 11 is 0. The lowest BCUT2D eigenvalue weighted by Crippen LogP contribution is -2.12. The largest absolute Gasteiger partial charge is 0.456 e. The van der Waals surface area contributed by atoms with E-state index >= 15 is 0 Å². The van der Waals surface area contributed by atoms with E-state index in [0.29, 0.717) is 0 Å². The van der Waals surface area contributed by atoms with Gasteiger partial charge in [-0.1, -0.05) is 140 Å². The van der Waals surface area contributed by atoms with Crippen LogP contribution in [-0.4, -0.2) is 0 Å². The third-order valence-corrected chi connectivity index (χ3v) is 10.0. The molecule has 1 aromatic heterocycles. The summed E-state index contributed by atoms with van der Waals surface area (Å²) in [5.74, 6) is 0.844. The second kappa shape index (κ2) is 11.5. The van der Waals surface area contributed by atoms with Gasteiger partial charge >= 0.3 is 0 Å². The topological polar surface area (TPSA) is 16.4 Å². The minimum absolute atomic E-state index is 0.844. The van der Waals surface area contributed by atoms with Gasteiger partial charge in [0.25, 0.3) is 0 Å². The standard InChI is InChI=1S/C48H31NO/c1-4-16-37-33(13-1)29-44(41-20-7-6-18-39(37)41)32-25-27-36(28-26-32)49(46-30-34-14-2-5-17-38(34)40-19-8-9-21-42(40)46)45-23-11-10-22-43(45)48-31-35-15-3-12-24-47(35)50-48/h1-31H. The number of benzene rings is 9. The zero-order valence-corrected chi connectivity index (χ0v) is 27.3. The minimum atomic E-state index is 0.844. The van der Waals surface area contributed by atoms with Crippen LogP contribution in [0, 0.1) is 0 Å². The quantitative estimate of drug-likeness (QED) is 0.175.